The van der Waals surface area contributed by atoms with E-state index >= 15 is 0 Å². The molecule has 0 aliphatic rings. The summed E-state index contributed by atoms with van der Waals surface area (Å²) in [6.07, 6.45) is 0. The summed E-state index contributed by atoms with van der Waals surface area (Å²) in [5.41, 5.74) is 4.70. The lowest BCUT2D eigenvalue weighted by Gasteiger charge is -2.16. The molecule has 0 fully saturated rings. The van der Waals surface area contributed by atoms with Crippen molar-refractivity contribution in [3.8, 4) is 11.5 Å². The first kappa shape index (κ1) is 22.4. The summed E-state index contributed by atoms with van der Waals surface area (Å²) in [7, 11) is -3.84. The van der Waals surface area contributed by atoms with Gasteiger partial charge in [-0.05, 0) is 73.9 Å². The van der Waals surface area contributed by atoms with Gasteiger partial charge in [0.05, 0.1) is 4.90 Å². The Morgan fingerprint density at radius 1 is 0.875 bits per heavy atom. The zero-order valence-electron chi connectivity index (χ0n) is 17.8. The Labute approximate surface area is 195 Å². The maximum absolute atomic E-state index is 13.1. The van der Waals surface area contributed by atoms with E-state index in [-0.39, 0.29) is 10.8 Å². The van der Waals surface area contributed by atoms with Crippen LogP contribution in [0.4, 0.5) is 0 Å². The predicted molar refractivity (Wildman–Crippen MR) is 127 cm³/mol. The Kier molecular flexibility index (Phi) is 6.28. The number of sulfonamides is 1. The van der Waals surface area contributed by atoms with Crippen LogP contribution in [-0.2, 0) is 10.0 Å². The van der Waals surface area contributed by atoms with Crippen LogP contribution in [0.5, 0.6) is 0 Å². The van der Waals surface area contributed by atoms with Gasteiger partial charge in [-0.25, -0.2) is 8.42 Å². The fourth-order valence-corrected chi connectivity index (χ4v) is 4.64. The van der Waals surface area contributed by atoms with Crippen molar-refractivity contribution in [3.05, 3.63) is 99.3 Å². The van der Waals surface area contributed by atoms with Crippen LogP contribution in [0.2, 0.25) is 0 Å². The van der Waals surface area contributed by atoms with Crippen molar-refractivity contribution in [2.75, 3.05) is 0 Å². The number of nitrogens with one attached hydrogen (secondary N) is 1. The molecule has 32 heavy (non-hydrogen) atoms. The van der Waals surface area contributed by atoms with Crippen LogP contribution in [0.25, 0.3) is 11.5 Å². The quantitative estimate of drug-likeness (QED) is 0.369. The van der Waals surface area contributed by atoms with Crippen LogP contribution >= 0.6 is 15.9 Å². The van der Waals surface area contributed by atoms with Gasteiger partial charge in [0.1, 0.15) is 6.04 Å². The standard InChI is InChI=1S/C24H22BrN3O3S/c1-15-4-12-21(13-5-15)32(29,30)28-22(18-8-10-20(25)11-9-18)24-27-26-23(31-24)19-7-6-16(2)17(3)14-19/h4-14,22,28H,1-3H3. The fourth-order valence-electron chi connectivity index (χ4n) is 3.20. The second-order valence-electron chi connectivity index (χ2n) is 7.66. The van der Waals surface area contributed by atoms with Gasteiger partial charge in [-0.2, -0.15) is 4.72 Å². The van der Waals surface area contributed by atoms with Crippen LogP contribution in [0.1, 0.15) is 34.2 Å². The van der Waals surface area contributed by atoms with Gasteiger partial charge >= 0.3 is 0 Å². The van der Waals surface area contributed by atoms with Crippen molar-refractivity contribution < 1.29 is 12.8 Å². The Balaban J connectivity index is 1.73. The minimum absolute atomic E-state index is 0.163. The van der Waals surface area contributed by atoms with E-state index in [1.165, 1.54) is 0 Å². The van der Waals surface area contributed by atoms with Crippen LogP contribution in [0.15, 0.2) is 80.5 Å². The Hall–Kier alpha value is -2.81. The number of hydrogen-bond donors (Lipinski definition) is 1. The molecule has 8 heteroatoms. The molecule has 0 aliphatic carbocycles. The number of halogens is 1. The Bertz CT molecular complexity index is 1350. The largest absolute Gasteiger partial charge is 0.419 e. The lowest BCUT2D eigenvalue weighted by molar-refractivity contribution is 0.464. The van der Waals surface area contributed by atoms with E-state index in [1.807, 2.05) is 63.2 Å². The summed E-state index contributed by atoms with van der Waals surface area (Å²) in [5, 5.41) is 8.36. The van der Waals surface area contributed by atoms with Gasteiger partial charge < -0.3 is 4.42 Å². The molecule has 0 radical (unpaired) electrons. The topological polar surface area (TPSA) is 85.1 Å². The van der Waals surface area contributed by atoms with E-state index < -0.39 is 16.1 Å². The average Bonchev–Trinajstić information content (AvgIpc) is 3.25. The molecule has 0 saturated carbocycles. The highest BCUT2D eigenvalue weighted by Crippen LogP contribution is 2.28. The number of hydrogen-bond acceptors (Lipinski definition) is 5. The van der Waals surface area contributed by atoms with Crippen molar-refractivity contribution in [1.82, 2.24) is 14.9 Å². The first-order valence-corrected chi connectivity index (χ1v) is 12.3. The molecule has 4 rings (SSSR count). The van der Waals surface area contributed by atoms with Gasteiger partial charge in [-0.15, -0.1) is 10.2 Å². The molecule has 1 atom stereocenters. The van der Waals surface area contributed by atoms with Crippen molar-refractivity contribution in [2.24, 2.45) is 0 Å². The van der Waals surface area contributed by atoms with Gasteiger partial charge in [-0.3, -0.25) is 0 Å². The van der Waals surface area contributed by atoms with Gasteiger partial charge in [0.2, 0.25) is 21.8 Å². The summed E-state index contributed by atoms with van der Waals surface area (Å²) < 4.78 is 35.8. The third-order valence-corrected chi connectivity index (χ3v) is 7.22. The van der Waals surface area contributed by atoms with E-state index in [0.717, 1.165) is 26.7 Å². The molecule has 3 aromatic carbocycles. The molecule has 0 spiro atoms. The number of aromatic nitrogens is 2. The van der Waals surface area contributed by atoms with Gasteiger partial charge in [0.15, 0.2) is 0 Å². The summed E-state index contributed by atoms with van der Waals surface area (Å²) >= 11 is 3.41. The van der Waals surface area contributed by atoms with Crippen molar-refractivity contribution in [1.29, 1.82) is 0 Å². The highest BCUT2D eigenvalue weighted by atomic mass is 79.9. The monoisotopic (exact) mass is 511 g/mol. The minimum Gasteiger partial charge on any atom is -0.419 e. The summed E-state index contributed by atoms with van der Waals surface area (Å²) in [4.78, 5) is 0.166. The number of nitrogens with zero attached hydrogens (tertiary/aromatic N) is 2. The molecule has 164 valence electrons. The molecule has 4 aromatic rings. The molecule has 6 nitrogen and oxygen atoms in total. The molecule has 0 bridgehead atoms. The molecule has 1 unspecified atom stereocenters. The molecular formula is C24H22BrN3O3S. The maximum atomic E-state index is 13.1. The smallest absolute Gasteiger partial charge is 0.247 e. The molecule has 1 N–H and O–H groups in total. The van der Waals surface area contributed by atoms with Gasteiger partial charge in [0, 0.05) is 10.0 Å². The Morgan fingerprint density at radius 3 is 2.22 bits per heavy atom. The second kappa shape index (κ2) is 8.97. The molecule has 1 heterocycles. The maximum Gasteiger partial charge on any atom is 0.247 e. The third kappa shape index (κ3) is 4.82. The number of aryl methyl sites for hydroxylation is 3. The SMILES string of the molecule is Cc1ccc(S(=O)(=O)NC(c2ccc(Br)cc2)c2nnc(-c3ccc(C)c(C)c3)o2)cc1. The second-order valence-corrected chi connectivity index (χ2v) is 10.3. The molecule has 0 amide bonds. The predicted octanol–water partition coefficient (Wildman–Crippen LogP) is 5.49. The van der Waals surface area contributed by atoms with E-state index in [4.69, 9.17) is 4.42 Å². The number of benzene rings is 3. The van der Waals surface area contributed by atoms with Crippen LogP contribution in [-0.4, -0.2) is 18.6 Å². The van der Waals surface area contributed by atoms with Crippen molar-refractivity contribution in [3.63, 3.8) is 0 Å². The lowest BCUT2D eigenvalue weighted by atomic mass is 10.1. The lowest BCUT2D eigenvalue weighted by Crippen LogP contribution is -2.29. The summed E-state index contributed by atoms with van der Waals surface area (Å²) in [6.45, 7) is 5.94. The van der Waals surface area contributed by atoms with Gasteiger partial charge in [0.25, 0.3) is 0 Å². The van der Waals surface area contributed by atoms with E-state index in [2.05, 4.69) is 30.8 Å². The zero-order valence-corrected chi connectivity index (χ0v) is 20.2. The average molecular weight is 512 g/mol. The highest BCUT2D eigenvalue weighted by Gasteiger charge is 2.27. The third-order valence-electron chi connectivity index (χ3n) is 5.25. The van der Waals surface area contributed by atoms with Crippen LogP contribution in [0.3, 0.4) is 0 Å². The molecule has 0 saturated heterocycles. The highest BCUT2D eigenvalue weighted by molar-refractivity contribution is 9.10. The first-order chi connectivity index (χ1) is 15.2. The summed E-state index contributed by atoms with van der Waals surface area (Å²) in [6, 6.07) is 19.0. The van der Waals surface area contributed by atoms with Crippen LogP contribution < -0.4 is 4.72 Å². The molecule has 0 aliphatic heterocycles. The van der Waals surface area contributed by atoms with Crippen molar-refractivity contribution >= 4 is 26.0 Å². The first-order valence-electron chi connectivity index (χ1n) is 9.98. The zero-order chi connectivity index (χ0) is 22.9. The van der Waals surface area contributed by atoms with Crippen LogP contribution in [0, 0.1) is 20.8 Å². The van der Waals surface area contributed by atoms with Crippen molar-refractivity contribution in [2.45, 2.75) is 31.7 Å². The van der Waals surface area contributed by atoms with Gasteiger partial charge in [-0.1, -0.05) is 51.8 Å². The normalized spacial score (nSPS) is 12.6. The van der Waals surface area contributed by atoms with E-state index in [0.29, 0.717) is 11.5 Å². The van der Waals surface area contributed by atoms with E-state index in [9.17, 15) is 8.42 Å². The summed E-state index contributed by atoms with van der Waals surface area (Å²) in [5.74, 6) is 0.496. The number of rotatable bonds is 6. The fraction of sp³-hybridized carbons (Fsp3) is 0.167. The minimum atomic E-state index is -3.84. The van der Waals surface area contributed by atoms with E-state index in [1.54, 1.807) is 24.3 Å². The molecule has 1 aromatic heterocycles. The molecular weight excluding hydrogens is 490 g/mol. The Morgan fingerprint density at radius 2 is 1.56 bits per heavy atom.